The molecule has 0 aliphatic carbocycles. The minimum absolute atomic E-state index is 0.408. The van der Waals surface area contributed by atoms with E-state index in [0.717, 1.165) is 35.7 Å². The molecule has 0 radical (unpaired) electrons. The van der Waals surface area contributed by atoms with E-state index in [2.05, 4.69) is 16.4 Å². The molecule has 0 bridgehead atoms. The summed E-state index contributed by atoms with van der Waals surface area (Å²) >= 11 is 0. The molecule has 2 N–H and O–H groups in total. The van der Waals surface area contributed by atoms with E-state index < -0.39 is 5.60 Å². The van der Waals surface area contributed by atoms with Gasteiger partial charge in [0.1, 0.15) is 0 Å². The minimum Gasteiger partial charge on any atom is -0.385 e. The first-order valence-electron chi connectivity index (χ1n) is 7.46. The van der Waals surface area contributed by atoms with E-state index in [0.29, 0.717) is 6.04 Å². The van der Waals surface area contributed by atoms with Gasteiger partial charge in [-0.15, -0.1) is 0 Å². The number of rotatable bonds is 3. The third kappa shape index (κ3) is 2.69. The standard InChI is InChI=1S/C17H22N2O/c1-17(20,11-14-6-2-3-9-19-14)16-7-4-5-13-8-10-18-12-15(13)16/h4-5,7-8,10,12,14,19-20H,2-3,6,9,11H2,1H3. The van der Waals surface area contributed by atoms with Crippen molar-refractivity contribution in [2.24, 2.45) is 0 Å². The summed E-state index contributed by atoms with van der Waals surface area (Å²) in [4.78, 5) is 4.21. The molecule has 2 heterocycles. The normalized spacial score (nSPS) is 22.6. The summed E-state index contributed by atoms with van der Waals surface area (Å²) in [7, 11) is 0. The van der Waals surface area contributed by atoms with Crippen molar-refractivity contribution in [2.45, 2.75) is 44.2 Å². The molecule has 1 saturated heterocycles. The second kappa shape index (κ2) is 5.51. The van der Waals surface area contributed by atoms with Crippen molar-refractivity contribution in [2.75, 3.05) is 6.54 Å². The molecule has 1 aromatic carbocycles. The minimum atomic E-state index is -0.822. The lowest BCUT2D eigenvalue weighted by molar-refractivity contribution is 0.0346. The van der Waals surface area contributed by atoms with Gasteiger partial charge in [0.15, 0.2) is 0 Å². The first-order chi connectivity index (χ1) is 9.67. The summed E-state index contributed by atoms with van der Waals surface area (Å²) in [5, 5.41) is 16.7. The fourth-order valence-electron chi connectivity index (χ4n) is 3.27. The summed E-state index contributed by atoms with van der Waals surface area (Å²) in [6.07, 6.45) is 8.05. The van der Waals surface area contributed by atoms with Gasteiger partial charge in [-0.2, -0.15) is 0 Å². The highest BCUT2D eigenvalue weighted by Gasteiger charge is 2.29. The molecule has 1 aromatic heterocycles. The fourth-order valence-corrected chi connectivity index (χ4v) is 3.27. The Morgan fingerprint density at radius 2 is 2.25 bits per heavy atom. The lowest BCUT2D eigenvalue weighted by atomic mass is 9.84. The average Bonchev–Trinajstić information content (AvgIpc) is 2.47. The lowest BCUT2D eigenvalue weighted by Crippen LogP contribution is -2.39. The quantitative estimate of drug-likeness (QED) is 0.901. The van der Waals surface area contributed by atoms with Crippen molar-refractivity contribution in [3.63, 3.8) is 0 Å². The maximum atomic E-state index is 11.0. The van der Waals surface area contributed by atoms with Gasteiger partial charge in [-0.3, -0.25) is 4.98 Å². The van der Waals surface area contributed by atoms with E-state index in [1.807, 2.05) is 31.3 Å². The van der Waals surface area contributed by atoms with Crippen LogP contribution in [-0.2, 0) is 5.60 Å². The Balaban J connectivity index is 1.91. The highest BCUT2D eigenvalue weighted by Crippen LogP contribution is 2.33. The molecule has 0 spiro atoms. The number of piperidine rings is 1. The average molecular weight is 270 g/mol. The first-order valence-corrected chi connectivity index (χ1v) is 7.46. The van der Waals surface area contributed by atoms with E-state index in [1.54, 1.807) is 6.20 Å². The number of hydrogen-bond donors (Lipinski definition) is 2. The van der Waals surface area contributed by atoms with Gasteiger partial charge < -0.3 is 10.4 Å². The van der Waals surface area contributed by atoms with Crippen LogP contribution in [0.2, 0.25) is 0 Å². The summed E-state index contributed by atoms with van der Waals surface area (Å²) in [5.41, 5.74) is 0.160. The molecule has 2 atom stereocenters. The van der Waals surface area contributed by atoms with E-state index in [1.165, 1.54) is 12.8 Å². The fraction of sp³-hybridized carbons (Fsp3) is 0.471. The number of hydrogen-bond acceptors (Lipinski definition) is 3. The van der Waals surface area contributed by atoms with Crippen LogP contribution in [0.15, 0.2) is 36.7 Å². The van der Waals surface area contributed by atoms with Gasteiger partial charge in [0.05, 0.1) is 5.60 Å². The molecular weight excluding hydrogens is 248 g/mol. The van der Waals surface area contributed by atoms with E-state index in [4.69, 9.17) is 0 Å². The van der Waals surface area contributed by atoms with Crippen LogP contribution in [0, 0.1) is 0 Å². The Morgan fingerprint density at radius 1 is 1.35 bits per heavy atom. The Morgan fingerprint density at radius 3 is 3.05 bits per heavy atom. The molecule has 3 rings (SSSR count). The summed E-state index contributed by atoms with van der Waals surface area (Å²) in [6, 6.07) is 8.50. The lowest BCUT2D eigenvalue weighted by Gasteiger charge is -2.32. The Bertz CT molecular complexity index is 583. The molecule has 2 aromatic rings. The van der Waals surface area contributed by atoms with Crippen molar-refractivity contribution in [1.82, 2.24) is 10.3 Å². The molecule has 20 heavy (non-hydrogen) atoms. The van der Waals surface area contributed by atoms with Crippen molar-refractivity contribution in [1.29, 1.82) is 0 Å². The van der Waals surface area contributed by atoms with Crippen LogP contribution in [0.5, 0.6) is 0 Å². The zero-order valence-corrected chi connectivity index (χ0v) is 12.0. The summed E-state index contributed by atoms with van der Waals surface area (Å²) < 4.78 is 0. The molecule has 0 amide bonds. The number of benzene rings is 1. The van der Waals surface area contributed by atoms with Crippen LogP contribution in [0.3, 0.4) is 0 Å². The number of pyridine rings is 1. The molecule has 2 unspecified atom stereocenters. The van der Waals surface area contributed by atoms with Crippen LogP contribution in [0.4, 0.5) is 0 Å². The number of nitrogens with zero attached hydrogens (tertiary/aromatic N) is 1. The molecule has 1 aliphatic rings. The van der Waals surface area contributed by atoms with Crippen molar-refractivity contribution < 1.29 is 5.11 Å². The van der Waals surface area contributed by atoms with Crippen molar-refractivity contribution >= 4 is 10.8 Å². The van der Waals surface area contributed by atoms with Crippen LogP contribution < -0.4 is 5.32 Å². The monoisotopic (exact) mass is 270 g/mol. The third-order valence-electron chi connectivity index (χ3n) is 4.32. The van der Waals surface area contributed by atoms with Gasteiger partial charge in [0.2, 0.25) is 0 Å². The van der Waals surface area contributed by atoms with Gasteiger partial charge in [-0.25, -0.2) is 0 Å². The maximum Gasteiger partial charge on any atom is 0.0889 e. The van der Waals surface area contributed by atoms with Crippen LogP contribution in [0.25, 0.3) is 10.8 Å². The van der Waals surface area contributed by atoms with E-state index in [-0.39, 0.29) is 0 Å². The second-order valence-electron chi connectivity index (χ2n) is 6.03. The van der Waals surface area contributed by atoms with Gasteiger partial charge >= 0.3 is 0 Å². The van der Waals surface area contributed by atoms with E-state index >= 15 is 0 Å². The molecule has 3 nitrogen and oxygen atoms in total. The van der Waals surface area contributed by atoms with Gasteiger partial charge in [-0.05, 0) is 49.7 Å². The zero-order valence-electron chi connectivity index (χ0n) is 12.0. The van der Waals surface area contributed by atoms with Gasteiger partial charge in [-0.1, -0.05) is 24.6 Å². The number of nitrogens with one attached hydrogen (secondary N) is 1. The predicted octanol–water partition coefficient (Wildman–Crippen LogP) is 2.97. The van der Waals surface area contributed by atoms with E-state index in [9.17, 15) is 5.11 Å². The summed E-state index contributed by atoms with van der Waals surface area (Å²) in [6.45, 7) is 2.99. The smallest absolute Gasteiger partial charge is 0.0889 e. The molecule has 0 saturated carbocycles. The molecular formula is C17H22N2O. The molecule has 1 aliphatic heterocycles. The Labute approximate surface area is 120 Å². The SMILES string of the molecule is CC(O)(CC1CCCCN1)c1cccc2ccncc12. The third-order valence-corrected chi connectivity index (χ3v) is 4.32. The molecule has 1 fully saturated rings. The predicted molar refractivity (Wildman–Crippen MR) is 81.6 cm³/mol. The van der Waals surface area contributed by atoms with Gasteiger partial charge in [0.25, 0.3) is 0 Å². The first kappa shape index (κ1) is 13.5. The molecule has 3 heteroatoms. The second-order valence-corrected chi connectivity index (χ2v) is 6.03. The number of aliphatic hydroxyl groups is 1. The van der Waals surface area contributed by atoms with Crippen LogP contribution >= 0.6 is 0 Å². The number of fused-ring (bicyclic) bond motifs is 1. The molecule has 106 valence electrons. The Kier molecular flexibility index (Phi) is 3.72. The largest absolute Gasteiger partial charge is 0.385 e. The van der Waals surface area contributed by atoms with Crippen molar-refractivity contribution in [3.8, 4) is 0 Å². The highest BCUT2D eigenvalue weighted by molar-refractivity contribution is 5.85. The van der Waals surface area contributed by atoms with Crippen LogP contribution in [-0.4, -0.2) is 22.7 Å². The van der Waals surface area contributed by atoms with Crippen molar-refractivity contribution in [3.05, 3.63) is 42.2 Å². The zero-order chi connectivity index (χ0) is 14.0. The summed E-state index contributed by atoms with van der Waals surface area (Å²) in [5.74, 6) is 0. The number of aromatic nitrogens is 1. The van der Waals surface area contributed by atoms with Crippen LogP contribution in [0.1, 0.15) is 38.2 Å². The highest BCUT2D eigenvalue weighted by atomic mass is 16.3. The topological polar surface area (TPSA) is 45.1 Å². The maximum absolute atomic E-state index is 11.0. The van der Waals surface area contributed by atoms with Gasteiger partial charge in [0, 0.05) is 23.8 Å². The Hall–Kier alpha value is -1.45.